The van der Waals surface area contributed by atoms with Gasteiger partial charge in [0.1, 0.15) is 11.9 Å². The molecule has 1 aromatic carbocycles. The highest BCUT2D eigenvalue weighted by molar-refractivity contribution is 6.33. The minimum Gasteiger partial charge on any atom is -0.486 e. The van der Waals surface area contributed by atoms with Gasteiger partial charge in [-0.3, -0.25) is 4.98 Å². The molecule has 1 aromatic heterocycles. The molecule has 0 aliphatic carbocycles. The zero-order chi connectivity index (χ0) is 13.0. The normalized spacial score (nSPS) is 20.4. The van der Waals surface area contributed by atoms with Crippen molar-refractivity contribution in [2.45, 2.75) is 25.6 Å². The lowest BCUT2D eigenvalue weighted by Crippen LogP contribution is -2.17. The maximum absolute atomic E-state index is 9.30. The summed E-state index contributed by atoms with van der Waals surface area (Å²) < 4.78 is 5.72. The van der Waals surface area contributed by atoms with Crippen LogP contribution < -0.4 is 10.1 Å². The van der Waals surface area contributed by atoms with E-state index < -0.39 is 0 Å². The molecule has 98 valence electrons. The van der Waals surface area contributed by atoms with Gasteiger partial charge in [-0.25, -0.2) is 0 Å². The second-order valence-electron chi connectivity index (χ2n) is 5.05. The van der Waals surface area contributed by atoms with Gasteiger partial charge in [0.25, 0.3) is 0 Å². The summed E-state index contributed by atoms with van der Waals surface area (Å²) in [6, 6.07) is 1.86. The molecule has 0 saturated carbocycles. The van der Waals surface area contributed by atoms with Crippen LogP contribution in [0.5, 0.6) is 5.75 Å². The lowest BCUT2D eigenvalue weighted by atomic mass is 9.98. The third-order valence-electron chi connectivity index (χ3n) is 3.90. The minimum atomic E-state index is -0.191. The molecule has 5 heteroatoms. The fraction of sp³-hybridized carbons (Fsp3) is 0.357. The number of aliphatic hydroxyl groups excluding tert-OH is 1. The number of nitrogens with zero attached hydrogens (tertiary/aromatic N) is 1. The van der Waals surface area contributed by atoms with Gasteiger partial charge in [0, 0.05) is 36.7 Å². The van der Waals surface area contributed by atoms with E-state index >= 15 is 0 Å². The average Bonchev–Trinajstić information content (AvgIpc) is 3.04. The maximum Gasteiger partial charge on any atom is 0.142 e. The van der Waals surface area contributed by atoms with E-state index in [1.807, 2.05) is 12.3 Å². The Labute approximate surface area is 115 Å². The van der Waals surface area contributed by atoms with Crippen LogP contribution in [0.4, 0.5) is 0 Å². The number of hydrogen-bond donors (Lipinski definition) is 2. The Hall–Kier alpha value is -1.36. The van der Waals surface area contributed by atoms with Gasteiger partial charge in [-0.1, -0.05) is 11.6 Å². The largest absolute Gasteiger partial charge is 0.486 e. The molecule has 4 rings (SSSR count). The summed E-state index contributed by atoms with van der Waals surface area (Å²) in [5.41, 5.74) is 4.53. The zero-order valence-corrected chi connectivity index (χ0v) is 11.0. The number of aliphatic hydroxyl groups is 1. The first kappa shape index (κ1) is 11.5. The van der Waals surface area contributed by atoms with E-state index in [4.69, 9.17) is 16.3 Å². The molecule has 0 saturated heterocycles. The number of halogens is 1. The van der Waals surface area contributed by atoms with Gasteiger partial charge in [-0.05, 0) is 17.2 Å². The fourth-order valence-electron chi connectivity index (χ4n) is 3.03. The zero-order valence-electron chi connectivity index (χ0n) is 10.2. The average molecular weight is 277 g/mol. The molecule has 0 spiro atoms. The van der Waals surface area contributed by atoms with Crippen molar-refractivity contribution in [1.29, 1.82) is 0 Å². The lowest BCUT2D eigenvalue weighted by Gasteiger charge is -2.10. The summed E-state index contributed by atoms with van der Waals surface area (Å²) in [6.07, 6.45) is 2.42. The van der Waals surface area contributed by atoms with Crippen molar-refractivity contribution >= 4 is 22.5 Å². The summed E-state index contributed by atoms with van der Waals surface area (Å²) in [5, 5.41) is 14.4. The number of aromatic nitrogens is 1. The summed E-state index contributed by atoms with van der Waals surface area (Å²) in [6.45, 7) is 1.72. The van der Waals surface area contributed by atoms with Crippen molar-refractivity contribution < 1.29 is 9.84 Å². The van der Waals surface area contributed by atoms with Crippen molar-refractivity contribution in [2.75, 3.05) is 6.61 Å². The molecule has 0 fully saturated rings. The highest BCUT2D eigenvalue weighted by atomic mass is 35.5. The van der Waals surface area contributed by atoms with Gasteiger partial charge in [-0.2, -0.15) is 0 Å². The SMILES string of the molecule is OCC1Cc2c(c(Cl)cc3ncc4c(c23)CNC4)O1. The second-order valence-corrected chi connectivity index (χ2v) is 5.46. The molecule has 0 amide bonds. The standard InChI is InChI=1S/C14H13ClN2O2/c15-11-2-12-13(9-1-8(6-18)19-14(9)11)10-5-16-3-7(10)4-17-12/h2,4,8,16,18H,1,3,5-6H2. The Morgan fingerprint density at radius 3 is 3.16 bits per heavy atom. The highest BCUT2D eigenvalue weighted by Crippen LogP contribution is 2.42. The summed E-state index contributed by atoms with van der Waals surface area (Å²) in [7, 11) is 0. The Morgan fingerprint density at radius 2 is 2.32 bits per heavy atom. The number of fused-ring (bicyclic) bond motifs is 5. The highest BCUT2D eigenvalue weighted by Gasteiger charge is 2.29. The number of hydrogen-bond acceptors (Lipinski definition) is 4. The smallest absolute Gasteiger partial charge is 0.142 e. The van der Waals surface area contributed by atoms with Crippen molar-refractivity contribution in [2.24, 2.45) is 0 Å². The number of ether oxygens (including phenoxy) is 1. The molecule has 2 aliphatic heterocycles. The molecule has 0 radical (unpaired) electrons. The first-order valence-corrected chi connectivity index (χ1v) is 6.76. The topological polar surface area (TPSA) is 54.4 Å². The number of benzene rings is 1. The van der Waals surface area contributed by atoms with Crippen LogP contribution in [0.1, 0.15) is 16.7 Å². The van der Waals surface area contributed by atoms with Crippen molar-refractivity contribution in [3.63, 3.8) is 0 Å². The third-order valence-corrected chi connectivity index (χ3v) is 4.18. The molecule has 3 heterocycles. The number of pyridine rings is 1. The van der Waals surface area contributed by atoms with Gasteiger partial charge in [-0.15, -0.1) is 0 Å². The summed E-state index contributed by atoms with van der Waals surface area (Å²) in [4.78, 5) is 4.50. The Kier molecular flexibility index (Phi) is 2.45. The van der Waals surface area contributed by atoms with E-state index in [0.717, 1.165) is 35.3 Å². The summed E-state index contributed by atoms with van der Waals surface area (Å²) in [5.74, 6) is 0.718. The molecule has 19 heavy (non-hydrogen) atoms. The van der Waals surface area contributed by atoms with E-state index in [9.17, 15) is 5.11 Å². The number of nitrogens with one attached hydrogen (secondary N) is 1. The lowest BCUT2D eigenvalue weighted by molar-refractivity contribution is 0.134. The number of rotatable bonds is 1. The molecule has 1 unspecified atom stereocenters. The van der Waals surface area contributed by atoms with E-state index in [2.05, 4.69) is 10.3 Å². The molecule has 1 atom stereocenters. The van der Waals surface area contributed by atoms with Crippen LogP contribution in [0.15, 0.2) is 12.3 Å². The fourth-order valence-corrected chi connectivity index (χ4v) is 3.29. The van der Waals surface area contributed by atoms with Gasteiger partial charge >= 0.3 is 0 Å². The van der Waals surface area contributed by atoms with Gasteiger partial charge in [0.05, 0.1) is 17.1 Å². The Bertz CT molecular complexity index is 687. The quantitative estimate of drug-likeness (QED) is 0.834. The predicted molar refractivity (Wildman–Crippen MR) is 72.5 cm³/mol. The van der Waals surface area contributed by atoms with E-state index in [-0.39, 0.29) is 12.7 Å². The second kappa shape index (κ2) is 4.07. The van der Waals surface area contributed by atoms with Crippen LogP contribution in [-0.4, -0.2) is 22.8 Å². The predicted octanol–water partition coefficient (Wildman–Crippen LogP) is 1.79. The van der Waals surface area contributed by atoms with Crippen LogP contribution in [-0.2, 0) is 19.5 Å². The van der Waals surface area contributed by atoms with Crippen molar-refractivity contribution in [3.8, 4) is 5.75 Å². The van der Waals surface area contributed by atoms with Crippen LogP contribution >= 0.6 is 11.6 Å². The Balaban J connectivity index is 2.04. The first-order valence-electron chi connectivity index (χ1n) is 6.38. The van der Waals surface area contributed by atoms with Gasteiger partial charge in [0.2, 0.25) is 0 Å². The molecule has 2 N–H and O–H groups in total. The molecule has 2 aliphatic rings. The molecular formula is C14H13ClN2O2. The third kappa shape index (κ3) is 1.57. The monoisotopic (exact) mass is 276 g/mol. The van der Waals surface area contributed by atoms with E-state index in [1.165, 1.54) is 11.1 Å². The van der Waals surface area contributed by atoms with Crippen LogP contribution in [0.2, 0.25) is 5.02 Å². The van der Waals surface area contributed by atoms with Crippen molar-refractivity contribution in [3.05, 3.63) is 34.0 Å². The molecule has 0 bridgehead atoms. The molecule has 2 aromatic rings. The van der Waals surface area contributed by atoms with Crippen molar-refractivity contribution in [1.82, 2.24) is 10.3 Å². The van der Waals surface area contributed by atoms with Crippen LogP contribution in [0.3, 0.4) is 0 Å². The maximum atomic E-state index is 9.30. The van der Waals surface area contributed by atoms with E-state index in [1.54, 1.807) is 0 Å². The first-order chi connectivity index (χ1) is 9.28. The Morgan fingerprint density at radius 1 is 1.42 bits per heavy atom. The molecule has 4 nitrogen and oxygen atoms in total. The minimum absolute atomic E-state index is 0.00715. The summed E-state index contributed by atoms with van der Waals surface area (Å²) >= 11 is 6.26. The van der Waals surface area contributed by atoms with Crippen LogP contribution in [0.25, 0.3) is 10.9 Å². The van der Waals surface area contributed by atoms with Gasteiger partial charge in [0.15, 0.2) is 0 Å². The van der Waals surface area contributed by atoms with Gasteiger partial charge < -0.3 is 15.2 Å². The van der Waals surface area contributed by atoms with E-state index in [0.29, 0.717) is 11.4 Å². The van der Waals surface area contributed by atoms with Crippen LogP contribution in [0, 0.1) is 0 Å². The molecular weight excluding hydrogens is 264 g/mol.